The van der Waals surface area contributed by atoms with Gasteiger partial charge in [-0.25, -0.2) is 9.59 Å². The predicted octanol–water partition coefficient (Wildman–Crippen LogP) is 1.75. The van der Waals surface area contributed by atoms with Crippen LogP contribution in [0.25, 0.3) is 0 Å². The molecule has 6 atom stereocenters. The lowest BCUT2D eigenvalue weighted by Crippen LogP contribution is -2.74. The summed E-state index contributed by atoms with van der Waals surface area (Å²) in [6.07, 6.45) is -3.84. The van der Waals surface area contributed by atoms with Crippen LogP contribution in [0, 0.1) is 0 Å². The lowest BCUT2D eigenvalue weighted by molar-refractivity contribution is -0.179. The van der Waals surface area contributed by atoms with Crippen molar-refractivity contribution in [2.45, 2.75) is 73.9 Å². The molecule has 2 aromatic rings. The monoisotopic (exact) mass is 651 g/mol. The van der Waals surface area contributed by atoms with Crippen LogP contribution >= 0.6 is 0 Å². The Labute approximate surface area is 268 Å². The maximum absolute atomic E-state index is 13.1. The molecule has 6 rings (SSSR count). The van der Waals surface area contributed by atoms with Gasteiger partial charge in [-0.1, -0.05) is 36.4 Å². The number of aromatic hydroxyl groups is 1. The van der Waals surface area contributed by atoms with Crippen molar-refractivity contribution >= 4 is 29.8 Å². The fourth-order valence-electron chi connectivity index (χ4n) is 7.43. The second-order valence-corrected chi connectivity index (χ2v) is 12.2. The third-order valence-corrected chi connectivity index (χ3v) is 9.58. The van der Waals surface area contributed by atoms with Gasteiger partial charge in [-0.2, -0.15) is 0 Å². The molecule has 1 spiro atoms. The number of hydrogen-bond donors (Lipinski definition) is 4. The van der Waals surface area contributed by atoms with Crippen LogP contribution in [0.1, 0.15) is 54.9 Å². The van der Waals surface area contributed by atoms with Crippen LogP contribution in [-0.2, 0) is 50.0 Å². The Morgan fingerprint density at radius 2 is 1.74 bits per heavy atom. The van der Waals surface area contributed by atoms with Crippen molar-refractivity contribution < 1.29 is 63.3 Å². The van der Waals surface area contributed by atoms with Crippen LogP contribution in [0.3, 0.4) is 0 Å². The van der Waals surface area contributed by atoms with Crippen LogP contribution in [0.5, 0.6) is 11.5 Å². The number of likely N-dealkylation sites (tertiary alicyclic amines) is 1. The zero-order valence-electron chi connectivity index (χ0n) is 25.3. The summed E-state index contributed by atoms with van der Waals surface area (Å²) in [5.74, 6) is -6.00. The van der Waals surface area contributed by atoms with E-state index in [1.54, 1.807) is 18.2 Å². The highest BCUT2D eigenvalue weighted by molar-refractivity contribution is 5.86. The summed E-state index contributed by atoms with van der Waals surface area (Å²) in [5, 5.41) is 41.1. The number of ether oxygens (including phenoxy) is 4. The molecule has 0 radical (unpaired) electrons. The van der Waals surface area contributed by atoms with Crippen molar-refractivity contribution in [2.75, 3.05) is 13.6 Å². The largest absolute Gasteiger partial charge is 0.504 e. The molecule has 2 bridgehead atoms. The number of carbonyl (C=O) groups is 5. The molecule has 0 amide bonds. The van der Waals surface area contributed by atoms with Gasteiger partial charge < -0.3 is 44.3 Å². The average molecular weight is 652 g/mol. The molecule has 1 saturated heterocycles. The zero-order chi connectivity index (χ0) is 33.7. The van der Waals surface area contributed by atoms with Gasteiger partial charge >= 0.3 is 29.8 Å². The zero-order valence-corrected chi connectivity index (χ0v) is 25.3. The summed E-state index contributed by atoms with van der Waals surface area (Å²) in [4.78, 5) is 63.4. The van der Waals surface area contributed by atoms with Gasteiger partial charge in [0.1, 0.15) is 5.76 Å². The number of carbonyl (C=O) groups excluding carboxylic acids is 3. The van der Waals surface area contributed by atoms with Crippen LogP contribution in [0.15, 0.2) is 54.3 Å². The van der Waals surface area contributed by atoms with Gasteiger partial charge in [0, 0.05) is 23.6 Å². The van der Waals surface area contributed by atoms with Gasteiger partial charge in [0.15, 0.2) is 17.6 Å². The Balaban J connectivity index is 1.15. The quantitative estimate of drug-likeness (QED) is 0.202. The van der Waals surface area contributed by atoms with Crippen LogP contribution in [0.2, 0.25) is 0 Å². The number of esters is 3. The van der Waals surface area contributed by atoms with E-state index in [-0.39, 0.29) is 35.3 Å². The smallest absolute Gasteiger partial charge is 0.353 e. The first kappa shape index (κ1) is 32.0. The van der Waals surface area contributed by atoms with Crippen LogP contribution in [0.4, 0.5) is 0 Å². The summed E-state index contributed by atoms with van der Waals surface area (Å²) >= 11 is 0. The number of aliphatic carboxylic acids is 2. The minimum Gasteiger partial charge on any atom is -0.504 e. The van der Waals surface area contributed by atoms with E-state index >= 15 is 0 Å². The highest BCUT2D eigenvalue weighted by Gasteiger charge is 2.72. The van der Waals surface area contributed by atoms with Gasteiger partial charge in [0.2, 0.25) is 12.2 Å². The first-order chi connectivity index (χ1) is 22.4. The lowest BCUT2D eigenvalue weighted by Gasteiger charge is -2.61. The molecule has 2 aliphatic heterocycles. The van der Waals surface area contributed by atoms with Crippen molar-refractivity contribution in [3.8, 4) is 11.5 Å². The first-order valence-corrected chi connectivity index (χ1v) is 15.1. The van der Waals surface area contributed by atoms with Crippen molar-refractivity contribution in [3.63, 3.8) is 0 Å². The molecule has 0 saturated carbocycles. The summed E-state index contributed by atoms with van der Waals surface area (Å²) in [6, 6.07) is 10.7. The van der Waals surface area contributed by atoms with Crippen molar-refractivity contribution in [2.24, 2.45) is 0 Å². The molecule has 2 aromatic carbocycles. The number of benzene rings is 2. The number of likely N-dealkylation sites (N-methyl/N-ethyl adjacent to an activating group) is 1. The minimum atomic E-state index is -2.02. The molecule has 14 heteroatoms. The van der Waals surface area contributed by atoms with E-state index < -0.39 is 78.4 Å². The molecule has 0 aromatic heterocycles. The number of hydrogen-bond acceptors (Lipinski definition) is 12. The Bertz CT molecular complexity index is 1670. The highest BCUT2D eigenvalue weighted by atomic mass is 16.6. The predicted molar refractivity (Wildman–Crippen MR) is 157 cm³/mol. The van der Waals surface area contributed by atoms with Gasteiger partial charge in [0.05, 0.1) is 30.3 Å². The third-order valence-electron chi connectivity index (χ3n) is 9.58. The van der Waals surface area contributed by atoms with E-state index in [2.05, 4.69) is 4.90 Å². The summed E-state index contributed by atoms with van der Waals surface area (Å²) < 4.78 is 22.1. The second kappa shape index (κ2) is 12.0. The summed E-state index contributed by atoms with van der Waals surface area (Å²) in [5.41, 5.74) is -0.404. The molecule has 0 unspecified atom stereocenters. The van der Waals surface area contributed by atoms with E-state index in [1.807, 2.05) is 13.1 Å². The molecule has 4 N–H and O–H groups in total. The molecule has 248 valence electrons. The summed E-state index contributed by atoms with van der Waals surface area (Å²) in [6.45, 7) is 0.642. The van der Waals surface area contributed by atoms with E-state index in [9.17, 15) is 39.3 Å². The van der Waals surface area contributed by atoms with Gasteiger partial charge in [0.25, 0.3) is 0 Å². The topological polar surface area (TPSA) is 206 Å². The SMILES string of the molecule is CN1CC[C@]23c4c5ccc(O)c4O[C@H]2C(OC(=O)CCC(=O)O[C@H](C(=O)O[C@@H](CC(=O)O)C(=O)O)c2ccccc2)=CC[C@@]3(O)[C@@H]1C5. The Morgan fingerprint density at radius 1 is 1.02 bits per heavy atom. The summed E-state index contributed by atoms with van der Waals surface area (Å²) in [7, 11) is 1.95. The first-order valence-electron chi connectivity index (χ1n) is 15.1. The number of phenolic OH excluding ortho intramolecular Hbond substituents is 1. The molecule has 14 nitrogen and oxygen atoms in total. The van der Waals surface area contributed by atoms with Gasteiger partial charge in [-0.05, 0) is 44.1 Å². The Hall–Kier alpha value is -4.95. The number of phenols is 1. The Kier molecular flexibility index (Phi) is 8.18. The molecule has 4 aliphatic rings. The van der Waals surface area contributed by atoms with E-state index in [0.29, 0.717) is 19.4 Å². The van der Waals surface area contributed by atoms with E-state index in [4.69, 9.17) is 24.1 Å². The maximum atomic E-state index is 13.1. The highest BCUT2D eigenvalue weighted by Crippen LogP contribution is 2.65. The maximum Gasteiger partial charge on any atom is 0.353 e. The molecular formula is C33H33NO13. The van der Waals surface area contributed by atoms with E-state index in [0.717, 1.165) is 11.1 Å². The fourth-order valence-corrected chi connectivity index (χ4v) is 7.43. The normalized spacial score (nSPS) is 26.5. The van der Waals surface area contributed by atoms with Crippen molar-refractivity contribution in [3.05, 3.63) is 71.0 Å². The number of rotatable bonds is 11. The van der Waals surface area contributed by atoms with E-state index in [1.165, 1.54) is 24.3 Å². The molecular weight excluding hydrogens is 618 g/mol. The van der Waals surface area contributed by atoms with Crippen LogP contribution in [-0.4, -0.2) is 92.6 Å². The Morgan fingerprint density at radius 3 is 2.45 bits per heavy atom. The number of nitrogens with zero attached hydrogens (tertiary/aromatic N) is 1. The van der Waals surface area contributed by atoms with Crippen LogP contribution < -0.4 is 4.74 Å². The minimum absolute atomic E-state index is 0.0789. The molecule has 2 aliphatic carbocycles. The average Bonchev–Trinajstić information content (AvgIpc) is 3.39. The van der Waals surface area contributed by atoms with Gasteiger partial charge in [-0.15, -0.1) is 0 Å². The molecule has 2 heterocycles. The second-order valence-electron chi connectivity index (χ2n) is 12.2. The van der Waals surface area contributed by atoms with Gasteiger partial charge in [-0.3, -0.25) is 14.4 Å². The standard InChI is InChI=1S/C33H33NO13/c1-34-14-13-32-26-18-7-8-19(35)28(26)47-29(32)20(11-12-33(32,43)22(34)15-18)44-24(38)9-10-25(39)46-27(17-5-3-2-4-6-17)31(42)45-21(30(40)41)16-23(36)37/h2-8,11,21-22,27,29,35,43H,9-10,12-16H2,1H3,(H,36,37)(H,40,41)/t21-,22-,27-,29-,32-,33+/m0/s1. The number of carboxylic acids is 2. The fraction of sp³-hybridized carbons (Fsp3) is 0.424. The number of aliphatic hydroxyl groups is 1. The van der Waals surface area contributed by atoms with Crippen molar-refractivity contribution in [1.82, 2.24) is 4.90 Å². The lowest BCUT2D eigenvalue weighted by atomic mass is 9.50. The molecule has 1 fully saturated rings. The molecule has 47 heavy (non-hydrogen) atoms. The third kappa shape index (κ3) is 5.36. The number of carboxylic acid groups (broad SMARTS) is 2. The number of piperidine rings is 1. The van der Waals surface area contributed by atoms with Crippen molar-refractivity contribution in [1.29, 1.82) is 0 Å².